The summed E-state index contributed by atoms with van der Waals surface area (Å²) >= 11 is 1.21. The first-order chi connectivity index (χ1) is 47.0. The first kappa shape index (κ1) is 76.0. The summed E-state index contributed by atoms with van der Waals surface area (Å²) in [5, 5.41) is 26.3. The SMILES string of the molecule is CCN(CC)c1ccc2c(-c3ccc(S(=O)(=O)NCCCCCCCCCCCCNC(=O)NCCCC[C@H](NC(=O)Cc4csc(=N)n4C)C(=O)N[C@@H](Cc4cn(Cc5ccccc5)cn4)C(=O)NC4CC[N+](C)(C)CC4)cc3S(=O)(=O)[O-])c3ccc(=[N+](CC)CC)cc-3oc2c1. The number of amides is 5. The van der Waals surface area contributed by atoms with Crippen LogP contribution < -0.4 is 50.9 Å². The lowest BCUT2D eigenvalue weighted by Gasteiger charge is -2.37. The number of anilines is 1. The fourth-order valence-corrected chi connectivity index (χ4v) is 15.4. The minimum Gasteiger partial charge on any atom is -0.744 e. The van der Waals surface area contributed by atoms with Crippen LogP contribution in [-0.4, -0.2) is 155 Å². The maximum atomic E-state index is 14.3. The second-order valence-corrected chi connectivity index (χ2v) is 30.2. The van der Waals surface area contributed by atoms with Crippen LogP contribution in [0.2, 0.25) is 0 Å². The number of quaternary nitrogens is 1. The number of nitrogens with zero attached hydrogens (tertiary/aromatic N) is 6. The van der Waals surface area contributed by atoms with Crippen LogP contribution in [0.1, 0.15) is 141 Å². The fourth-order valence-electron chi connectivity index (χ4n) is 12.8. The van der Waals surface area contributed by atoms with Gasteiger partial charge < -0.3 is 54.1 Å². The Morgan fingerprint density at radius 2 is 1.41 bits per heavy atom. The molecule has 0 bridgehead atoms. The Balaban J connectivity index is 0.740. The Morgan fingerprint density at radius 1 is 0.765 bits per heavy atom. The minimum absolute atomic E-state index is 0.0349. The smallest absolute Gasteiger partial charge is 0.314 e. The molecule has 1 saturated heterocycles. The normalized spacial score (nSPS) is 14.0. The van der Waals surface area contributed by atoms with E-state index in [0.29, 0.717) is 82.9 Å². The van der Waals surface area contributed by atoms with Crippen LogP contribution in [0.15, 0.2) is 117 Å². The number of sulfonamides is 1. The molecule has 1 aliphatic carbocycles. The largest absolute Gasteiger partial charge is 0.744 e. The number of likely N-dealkylation sites (tertiary alicyclic amines) is 1. The van der Waals surface area contributed by atoms with Gasteiger partial charge in [0.1, 0.15) is 46.6 Å². The standard InChI is InChI=1S/C72H101N13O10S3/c1-8-83(9-2)55-30-33-59-64(44-55)95-65-45-56(84(10-3)11-4)31-34-60(65)68(59)61-35-32-58(47-66(61)98(92,93)94)97(90,91)77-40-25-19-17-15-13-12-14-16-18-24-38-74-72(89)75-39-26-23-29-62(79-67(86)46-57-50-96-71(73)81(57)5)69(87)80-63(70(88)78-53-36-41-85(6,7)42-37-53)43-54-49-82(51-76-54)48-52-27-21-20-22-28-52/h20-22,27-28,30-35,44-45,47,49-51,53,62-63,73,77H,8-19,23-26,29,36-43,46,48H2,1-7H3,(H4-2,74,75,78,79,80,86,87,88,89,92,93,94)/p+1/t62-,63-/m0/s1. The zero-order valence-corrected chi connectivity index (χ0v) is 60.6. The van der Waals surface area contributed by atoms with Crippen LogP contribution in [-0.2, 0) is 61.0 Å². The van der Waals surface area contributed by atoms with Crippen molar-refractivity contribution < 1.29 is 49.5 Å². The highest BCUT2D eigenvalue weighted by Gasteiger charge is 2.33. The number of aromatic nitrogens is 3. The van der Waals surface area contributed by atoms with Crippen LogP contribution in [0.4, 0.5) is 10.5 Å². The summed E-state index contributed by atoms with van der Waals surface area (Å²) in [6.45, 7) is 14.7. The van der Waals surface area contributed by atoms with Crippen LogP contribution in [0.3, 0.4) is 0 Å². The lowest BCUT2D eigenvalue weighted by Crippen LogP contribution is -2.57. The average molecular weight is 1410 g/mol. The first-order valence-corrected chi connectivity index (χ1v) is 38.7. The molecule has 5 amide bonds. The molecule has 23 nitrogen and oxygen atoms in total. The van der Waals surface area contributed by atoms with E-state index in [1.165, 1.54) is 23.5 Å². The van der Waals surface area contributed by atoms with E-state index in [4.69, 9.17) is 9.83 Å². The molecule has 4 heterocycles. The van der Waals surface area contributed by atoms with Gasteiger partial charge in [-0.1, -0.05) is 87.8 Å². The molecule has 5 aromatic rings. The summed E-state index contributed by atoms with van der Waals surface area (Å²) in [5.41, 5.74) is 4.91. The van der Waals surface area contributed by atoms with Gasteiger partial charge in [-0.05, 0) is 95.7 Å². The van der Waals surface area contributed by atoms with Crippen molar-refractivity contribution in [2.75, 3.05) is 77.9 Å². The van der Waals surface area contributed by atoms with Crippen LogP contribution in [0.25, 0.3) is 33.4 Å². The van der Waals surface area contributed by atoms with Gasteiger partial charge in [0.05, 0.1) is 61.5 Å². The van der Waals surface area contributed by atoms with Crippen molar-refractivity contribution >= 4 is 71.9 Å². The minimum atomic E-state index is -5.18. The molecule has 26 heteroatoms. The van der Waals surface area contributed by atoms with E-state index in [1.54, 1.807) is 23.3 Å². The number of hydrogen-bond acceptors (Lipinski definition) is 14. The van der Waals surface area contributed by atoms with Crippen LogP contribution in [0.5, 0.6) is 0 Å². The monoisotopic (exact) mass is 1400 g/mol. The van der Waals surface area contributed by atoms with E-state index in [1.807, 2.05) is 77.5 Å². The van der Waals surface area contributed by atoms with E-state index >= 15 is 0 Å². The summed E-state index contributed by atoms with van der Waals surface area (Å²) in [4.78, 5) is 60.9. The highest BCUT2D eigenvalue weighted by atomic mass is 32.2. The molecule has 2 aliphatic heterocycles. The van der Waals surface area contributed by atoms with Crippen molar-refractivity contribution in [3.8, 4) is 22.5 Å². The Labute approximate surface area is 582 Å². The molecule has 0 saturated carbocycles. The van der Waals surface area contributed by atoms with E-state index in [-0.39, 0.29) is 54.2 Å². The second-order valence-electron chi connectivity index (χ2n) is 26.2. The quantitative estimate of drug-likeness (QED) is 0.00632. The van der Waals surface area contributed by atoms with E-state index in [9.17, 15) is 40.6 Å². The Morgan fingerprint density at radius 3 is 2.04 bits per heavy atom. The van der Waals surface area contributed by atoms with Crippen molar-refractivity contribution in [2.24, 2.45) is 7.05 Å². The number of carbonyl (C=O) groups is 4. The number of hydrogen-bond donors (Lipinski definition) is 7. The molecule has 532 valence electrons. The van der Waals surface area contributed by atoms with Crippen molar-refractivity contribution in [1.29, 1.82) is 5.41 Å². The summed E-state index contributed by atoms with van der Waals surface area (Å²) in [6.07, 6.45) is 15.9. The molecule has 3 aliphatic rings. The van der Waals surface area contributed by atoms with Gasteiger partial charge in [0.25, 0.3) is 0 Å². The van der Waals surface area contributed by atoms with E-state index in [0.717, 1.165) is 137 Å². The fraction of sp³-hybridized carbons (Fsp3) is 0.514. The number of nitrogens with one attached hydrogen (secondary N) is 7. The van der Waals surface area contributed by atoms with Gasteiger partial charge in [-0.3, -0.25) is 19.8 Å². The number of thiazole rings is 1. The Kier molecular flexibility index (Phi) is 28.2. The topological polar surface area (TPSA) is 298 Å². The molecule has 2 atom stereocenters. The molecule has 2 aromatic heterocycles. The van der Waals surface area contributed by atoms with Gasteiger partial charge in [-0.15, -0.1) is 11.3 Å². The van der Waals surface area contributed by atoms with Crippen molar-refractivity contribution in [1.82, 2.24) is 50.0 Å². The molecule has 98 heavy (non-hydrogen) atoms. The molecule has 7 N–H and O–H groups in total. The summed E-state index contributed by atoms with van der Waals surface area (Å²) in [6, 6.07) is 22.8. The van der Waals surface area contributed by atoms with E-state index in [2.05, 4.69) is 87.6 Å². The highest BCUT2D eigenvalue weighted by Crippen LogP contribution is 2.43. The van der Waals surface area contributed by atoms with E-state index < -0.39 is 48.9 Å². The number of piperidine rings is 1. The maximum absolute atomic E-state index is 14.3. The van der Waals surface area contributed by atoms with Gasteiger partial charge in [-0.2, -0.15) is 0 Å². The summed E-state index contributed by atoms with van der Waals surface area (Å²) in [7, 11) is -3.29. The van der Waals surface area contributed by atoms with Crippen molar-refractivity contribution in [3.63, 3.8) is 0 Å². The Bertz CT molecular complexity index is 4130. The highest BCUT2D eigenvalue weighted by molar-refractivity contribution is 7.89. The maximum Gasteiger partial charge on any atom is 0.314 e. The van der Waals surface area contributed by atoms with Crippen LogP contribution >= 0.6 is 11.3 Å². The molecular weight excluding hydrogens is 1300 g/mol. The zero-order chi connectivity index (χ0) is 70.4. The van der Waals surface area contributed by atoms with Crippen molar-refractivity contribution in [3.05, 3.63) is 130 Å². The zero-order valence-electron chi connectivity index (χ0n) is 58.1. The second kappa shape index (κ2) is 36.4. The summed E-state index contributed by atoms with van der Waals surface area (Å²) in [5.74, 6) is -0.703. The molecule has 0 radical (unpaired) electrons. The van der Waals surface area contributed by atoms with Crippen molar-refractivity contribution in [2.45, 2.75) is 171 Å². The number of imidazole rings is 1. The lowest BCUT2D eigenvalue weighted by atomic mass is 9.93. The number of unbranched alkanes of at least 4 members (excludes halogenated alkanes) is 10. The number of fused-ring (bicyclic) bond motifs is 2. The third-order valence-electron chi connectivity index (χ3n) is 18.6. The first-order valence-electron chi connectivity index (χ1n) is 34.9. The van der Waals surface area contributed by atoms with Gasteiger partial charge in [0.2, 0.25) is 33.1 Å². The number of rotatable bonds is 38. The molecule has 0 unspecified atom stereocenters. The molecule has 1 fully saturated rings. The molecule has 0 spiro atoms. The van der Waals surface area contributed by atoms with Gasteiger partial charge in [0, 0.05) is 129 Å². The van der Waals surface area contributed by atoms with Gasteiger partial charge in [-0.25, -0.2) is 35.9 Å². The predicted molar refractivity (Wildman–Crippen MR) is 384 cm³/mol. The molecule has 8 rings (SSSR count). The van der Waals surface area contributed by atoms with Crippen LogP contribution in [0, 0.1) is 5.41 Å². The predicted octanol–water partition coefficient (Wildman–Crippen LogP) is 8.35. The lowest BCUT2D eigenvalue weighted by molar-refractivity contribution is -0.895. The number of carbonyl (C=O) groups excluding carboxylic acids is 4. The molecule has 3 aromatic carbocycles. The third-order valence-corrected chi connectivity index (χ3v) is 21.8. The number of benzene rings is 4. The van der Waals surface area contributed by atoms with Gasteiger partial charge >= 0.3 is 6.03 Å². The Hall–Kier alpha value is -7.75. The third kappa shape index (κ3) is 21.9. The van der Waals surface area contributed by atoms with Gasteiger partial charge in [0.15, 0.2) is 4.80 Å². The average Bonchev–Trinajstić information content (AvgIpc) is 0.827. The summed E-state index contributed by atoms with van der Waals surface area (Å²) < 4.78 is 82.4. The molecular formula is C72H102N13O10S3+. The number of urea groups is 1.